The summed E-state index contributed by atoms with van der Waals surface area (Å²) in [4.78, 5) is 0. The van der Waals surface area contributed by atoms with Crippen molar-refractivity contribution in [3.63, 3.8) is 0 Å². The van der Waals surface area contributed by atoms with Crippen LogP contribution in [0.4, 0.5) is 0 Å². The number of rotatable bonds is 4. The van der Waals surface area contributed by atoms with Gasteiger partial charge in [0.15, 0.2) is 0 Å². The quantitative estimate of drug-likeness (QED) is 0.204. The molecule has 0 bridgehead atoms. The van der Waals surface area contributed by atoms with Gasteiger partial charge in [0, 0.05) is 16.3 Å². The SMILES string of the molecule is C=Cc1c(-c2cccc3c2oc2ccccc23)ccc2c1C(=C)c1c-2c(-c2ccccc2)c2ccccc2c1-c1ccccc1. The summed E-state index contributed by atoms with van der Waals surface area (Å²) in [5.74, 6) is 0. The van der Waals surface area contributed by atoms with E-state index in [9.17, 15) is 0 Å². The molecule has 1 heteroatoms. The van der Waals surface area contributed by atoms with Crippen LogP contribution in [0.2, 0.25) is 0 Å². The number of hydrogen-bond acceptors (Lipinski definition) is 1. The summed E-state index contributed by atoms with van der Waals surface area (Å²) in [6.45, 7) is 9.19. The molecule has 0 saturated heterocycles. The number of furan rings is 1. The molecule has 210 valence electrons. The first-order valence-electron chi connectivity index (χ1n) is 15.3. The highest BCUT2D eigenvalue weighted by Gasteiger charge is 2.33. The molecule has 1 aliphatic carbocycles. The van der Waals surface area contributed by atoms with Crippen molar-refractivity contribution in [3.05, 3.63) is 169 Å². The lowest BCUT2D eigenvalue weighted by Crippen LogP contribution is -1.94. The van der Waals surface area contributed by atoms with Gasteiger partial charge in [-0.2, -0.15) is 0 Å². The lowest BCUT2D eigenvalue weighted by molar-refractivity contribution is 0.670. The van der Waals surface area contributed by atoms with Crippen LogP contribution >= 0.6 is 0 Å². The van der Waals surface area contributed by atoms with Gasteiger partial charge in [-0.15, -0.1) is 0 Å². The van der Waals surface area contributed by atoms with Crippen molar-refractivity contribution in [2.24, 2.45) is 0 Å². The molecule has 0 N–H and O–H groups in total. The van der Waals surface area contributed by atoms with E-state index < -0.39 is 0 Å². The Labute approximate surface area is 262 Å². The van der Waals surface area contributed by atoms with Gasteiger partial charge in [0.05, 0.1) is 0 Å². The van der Waals surface area contributed by atoms with Crippen molar-refractivity contribution in [1.82, 2.24) is 0 Å². The Morgan fingerprint density at radius 1 is 0.422 bits per heavy atom. The molecule has 0 amide bonds. The predicted molar refractivity (Wildman–Crippen MR) is 191 cm³/mol. The fourth-order valence-corrected chi connectivity index (χ4v) is 7.50. The van der Waals surface area contributed by atoms with E-state index in [1.165, 1.54) is 49.7 Å². The van der Waals surface area contributed by atoms with Gasteiger partial charge >= 0.3 is 0 Å². The van der Waals surface area contributed by atoms with E-state index in [-0.39, 0.29) is 0 Å². The Balaban J connectivity index is 1.40. The maximum absolute atomic E-state index is 6.49. The fraction of sp³-hybridized carbons (Fsp3) is 0. The van der Waals surface area contributed by atoms with E-state index in [4.69, 9.17) is 11.0 Å². The third-order valence-electron chi connectivity index (χ3n) is 9.36. The summed E-state index contributed by atoms with van der Waals surface area (Å²) in [6, 6.07) is 49.5. The summed E-state index contributed by atoms with van der Waals surface area (Å²) >= 11 is 0. The van der Waals surface area contributed by atoms with Crippen molar-refractivity contribution in [2.75, 3.05) is 0 Å². The molecule has 1 aliphatic rings. The van der Waals surface area contributed by atoms with Crippen molar-refractivity contribution in [1.29, 1.82) is 0 Å². The first kappa shape index (κ1) is 25.6. The van der Waals surface area contributed by atoms with Crippen LogP contribution in [-0.4, -0.2) is 0 Å². The second kappa shape index (κ2) is 9.80. The van der Waals surface area contributed by atoms with Crippen LogP contribution in [0.3, 0.4) is 0 Å². The largest absolute Gasteiger partial charge is 0.455 e. The molecule has 7 aromatic carbocycles. The zero-order valence-corrected chi connectivity index (χ0v) is 24.7. The molecule has 9 rings (SSSR count). The highest BCUT2D eigenvalue weighted by atomic mass is 16.3. The van der Waals surface area contributed by atoms with E-state index in [1.54, 1.807) is 0 Å². The second-order valence-electron chi connectivity index (χ2n) is 11.7. The van der Waals surface area contributed by atoms with Gasteiger partial charge in [-0.05, 0) is 78.0 Å². The zero-order valence-electron chi connectivity index (χ0n) is 24.7. The minimum Gasteiger partial charge on any atom is -0.455 e. The highest BCUT2D eigenvalue weighted by molar-refractivity contribution is 6.22. The molecule has 0 fully saturated rings. The Hall–Kier alpha value is -5.92. The molecular weight excluding hydrogens is 544 g/mol. The molecule has 1 aromatic heterocycles. The Morgan fingerprint density at radius 3 is 1.64 bits per heavy atom. The summed E-state index contributed by atoms with van der Waals surface area (Å²) in [7, 11) is 0. The maximum atomic E-state index is 6.49. The van der Waals surface area contributed by atoms with Crippen LogP contribution in [0.1, 0.15) is 16.7 Å². The molecule has 1 nitrogen and oxygen atoms in total. The number of hydrogen-bond donors (Lipinski definition) is 0. The van der Waals surface area contributed by atoms with E-state index >= 15 is 0 Å². The lowest BCUT2D eigenvalue weighted by atomic mass is 9.83. The second-order valence-corrected chi connectivity index (χ2v) is 11.7. The predicted octanol–water partition coefficient (Wildman–Crippen LogP) is 12.4. The van der Waals surface area contributed by atoms with Gasteiger partial charge in [0.2, 0.25) is 0 Å². The molecule has 1 heterocycles. The van der Waals surface area contributed by atoms with Crippen LogP contribution in [0, 0.1) is 0 Å². The van der Waals surface area contributed by atoms with Crippen LogP contribution in [-0.2, 0) is 0 Å². The average Bonchev–Trinajstić information content (AvgIpc) is 3.63. The van der Waals surface area contributed by atoms with Crippen molar-refractivity contribution >= 4 is 44.4 Å². The lowest BCUT2D eigenvalue weighted by Gasteiger charge is -2.20. The third-order valence-corrected chi connectivity index (χ3v) is 9.36. The Bertz CT molecular complexity index is 2490. The first-order valence-corrected chi connectivity index (χ1v) is 15.3. The van der Waals surface area contributed by atoms with E-state index in [0.29, 0.717) is 0 Å². The molecule has 0 spiro atoms. The number of para-hydroxylation sites is 2. The van der Waals surface area contributed by atoms with E-state index in [0.717, 1.165) is 49.8 Å². The van der Waals surface area contributed by atoms with Crippen molar-refractivity contribution in [2.45, 2.75) is 0 Å². The zero-order chi connectivity index (χ0) is 30.1. The standard InChI is InChI=1S/C44H28O/c1-3-30-31(35-22-14-23-36-32-19-12-13-24-38(32)45-44(35)36)25-26-37-39(30)27(2)40-41(28-15-6-4-7-16-28)33-20-10-11-21-34(33)42(43(37)40)29-17-8-5-9-18-29/h3-26H,1-2H2. The van der Waals surface area contributed by atoms with Gasteiger partial charge in [-0.3, -0.25) is 0 Å². The van der Waals surface area contributed by atoms with E-state index in [2.05, 4.69) is 134 Å². The minimum atomic E-state index is 0.892. The molecule has 0 atom stereocenters. The van der Waals surface area contributed by atoms with E-state index in [1.807, 2.05) is 18.2 Å². The van der Waals surface area contributed by atoms with Crippen LogP contribution in [0.15, 0.2) is 157 Å². The van der Waals surface area contributed by atoms with Crippen LogP contribution in [0.25, 0.3) is 88.9 Å². The molecule has 0 saturated carbocycles. The normalized spacial score (nSPS) is 12.1. The first-order chi connectivity index (χ1) is 22.2. The molecule has 45 heavy (non-hydrogen) atoms. The molecule has 8 aromatic rings. The fourth-order valence-electron chi connectivity index (χ4n) is 7.50. The van der Waals surface area contributed by atoms with Crippen molar-refractivity contribution in [3.8, 4) is 44.5 Å². The smallest absolute Gasteiger partial charge is 0.143 e. The Morgan fingerprint density at radius 2 is 0.978 bits per heavy atom. The van der Waals surface area contributed by atoms with Crippen molar-refractivity contribution < 1.29 is 4.42 Å². The summed E-state index contributed by atoms with van der Waals surface area (Å²) < 4.78 is 6.49. The molecule has 0 radical (unpaired) electrons. The van der Waals surface area contributed by atoms with Crippen LogP contribution < -0.4 is 0 Å². The topological polar surface area (TPSA) is 13.1 Å². The van der Waals surface area contributed by atoms with Crippen LogP contribution in [0.5, 0.6) is 0 Å². The Kier molecular flexibility index (Phi) is 5.57. The summed E-state index contributed by atoms with van der Waals surface area (Å²) in [5, 5.41) is 4.70. The summed E-state index contributed by atoms with van der Waals surface area (Å²) in [6.07, 6.45) is 2.00. The van der Waals surface area contributed by atoms with Gasteiger partial charge in [0.25, 0.3) is 0 Å². The highest BCUT2D eigenvalue weighted by Crippen LogP contribution is 2.57. The van der Waals surface area contributed by atoms with Gasteiger partial charge in [0.1, 0.15) is 11.2 Å². The average molecular weight is 573 g/mol. The molecule has 0 unspecified atom stereocenters. The molecular formula is C44H28O. The summed E-state index contributed by atoms with van der Waals surface area (Å²) in [5.41, 5.74) is 15.6. The number of benzene rings is 7. The van der Waals surface area contributed by atoms with Gasteiger partial charge in [-0.25, -0.2) is 0 Å². The third kappa shape index (κ3) is 3.62. The van der Waals surface area contributed by atoms with Gasteiger partial charge in [-0.1, -0.05) is 153 Å². The number of fused-ring (bicyclic) bond motifs is 7. The minimum absolute atomic E-state index is 0.892. The van der Waals surface area contributed by atoms with Gasteiger partial charge < -0.3 is 4.42 Å². The maximum Gasteiger partial charge on any atom is 0.143 e. The monoisotopic (exact) mass is 572 g/mol. The molecule has 0 aliphatic heterocycles.